The van der Waals surface area contributed by atoms with Crippen molar-refractivity contribution in [3.8, 4) is 0 Å². The predicted octanol–water partition coefficient (Wildman–Crippen LogP) is 2.55. The average Bonchev–Trinajstić information content (AvgIpc) is 2.67. The zero-order chi connectivity index (χ0) is 21.4. The summed E-state index contributed by atoms with van der Waals surface area (Å²) < 4.78 is 4.98. The summed E-state index contributed by atoms with van der Waals surface area (Å²) in [6, 6.07) is 12.8. The van der Waals surface area contributed by atoms with E-state index >= 15 is 0 Å². The molecule has 2 aromatic carbocycles. The highest BCUT2D eigenvalue weighted by Gasteiger charge is 2.16. The molecule has 2 N–H and O–H groups in total. The van der Waals surface area contributed by atoms with Gasteiger partial charge in [-0.15, -0.1) is 0 Å². The van der Waals surface area contributed by atoms with E-state index in [1.165, 1.54) is 26.1 Å². The highest BCUT2D eigenvalue weighted by Crippen LogP contribution is 2.20. The molecule has 29 heavy (non-hydrogen) atoms. The third kappa shape index (κ3) is 6.93. The average molecular weight is 418 g/mol. The molecule has 3 amide bonds. The zero-order valence-electron chi connectivity index (χ0n) is 15.9. The molecule has 152 valence electrons. The van der Waals surface area contributed by atoms with E-state index in [-0.39, 0.29) is 18.0 Å². The fraction of sp³-hybridized carbons (Fsp3) is 0.200. The molecule has 0 saturated heterocycles. The summed E-state index contributed by atoms with van der Waals surface area (Å²) in [7, 11) is 1.42. The second-order valence-corrected chi connectivity index (χ2v) is 6.52. The van der Waals surface area contributed by atoms with E-state index in [1.54, 1.807) is 36.4 Å². The summed E-state index contributed by atoms with van der Waals surface area (Å²) in [5.41, 5.74) is 1.20. The van der Waals surface area contributed by atoms with Gasteiger partial charge in [0.2, 0.25) is 11.8 Å². The number of anilines is 2. The Hall–Kier alpha value is -3.39. The minimum absolute atomic E-state index is 0.228. The van der Waals surface area contributed by atoms with Crippen molar-refractivity contribution in [3.63, 3.8) is 0 Å². The minimum Gasteiger partial charge on any atom is -0.452 e. The van der Waals surface area contributed by atoms with E-state index in [2.05, 4.69) is 10.6 Å². The first-order valence-electron chi connectivity index (χ1n) is 8.59. The van der Waals surface area contributed by atoms with Gasteiger partial charge in [-0.25, -0.2) is 4.79 Å². The van der Waals surface area contributed by atoms with Gasteiger partial charge in [0.25, 0.3) is 5.91 Å². The summed E-state index contributed by atoms with van der Waals surface area (Å²) in [5.74, 6) is -1.90. The second-order valence-electron chi connectivity index (χ2n) is 6.11. The van der Waals surface area contributed by atoms with Gasteiger partial charge < -0.3 is 20.3 Å². The van der Waals surface area contributed by atoms with Crippen molar-refractivity contribution in [2.45, 2.75) is 6.92 Å². The van der Waals surface area contributed by atoms with E-state index < -0.39 is 24.4 Å². The van der Waals surface area contributed by atoms with Gasteiger partial charge in [0, 0.05) is 19.7 Å². The number of carbonyl (C=O) groups excluding carboxylic acids is 4. The molecule has 0 spiro atoms. The molecule has 0 unspecified atom stereocenters. The molecule has 0 atom stereocenters. The van der Waals surface area contributed by atoms with Crippen LogP contribution < -0.4 is 10.6 Å². The summed E-state index contributed by atoms with van der Waals surface area (Å²) in [6.45, 7) is 0.633. The number of likely N-dealkylation sites (N-methyl/N-ethyl adjacent to an activating group) is 1. The Morgan fingerprint density at radius 2 is 1.66 bits per heavy atom. The number of rotatable bonds is 7. The number of halogens is 1. The van der Waals surface area contributed by atoms with Crippen molar-refractivity contribution in [3.05, 3.63) is 59.1 Å². The Bertz CT molecular complexity index is 915. The van der Waals surface area contributed by atoms with Crippen LogP contribution in [0.4, 0.5) is 11.4 Å². The third-order valence-corrected chi connectivity index (χ3v) is 4.05. The van der Waals surface area contributed by atoms with E-state index in [0.29, 0.717) is 16.4 Å². The second kappa shape index (κ2) is 10.2. The monoisotopic (exact) mass is 417 g/mol. The molecule has 0 bridgehead atoms. The first kappa shape index (κ1) is 21.9. The van der Waals surface area contributed by atoms with Crippen molar-refractivity contribution in [2.24, 2.45) is 0 Å². The number of benzene rings is 2. The van der Waals surface area contributed by atoms with E-state index in [9.17, 15) is 19.2 Å². The van der Waals surface area contributed by atoms with E-state index in [0.717, 1.165) is 4.90 Å². The minimum atomic E-state index is -0.693. The maximum Gasteiger partial charge on any atom is 0.338 e. The van der Waals surface area contributed by atoms with E-state index in [4.69, 9.17) is 16.3 Å². The number of hydrogen-bond acceptors (Lipinski definition) is 5. The lowest BCUT2D eigenvalue weighted by Crippen LogP contribution is -2.37. The highest BCUT2D eigenvalue weighted by molar-refractivity contribution is 6.33. The molecule has 9 heteroatoms. The quantitative estimate of drug-likeness (QED) is 0.673. The van der Waals surface area contributed by atoms with E-state index in [1.807, 2.05) is 0 Å². The van der Waals surface area contributed by atoms with Crippen molar-refractivity contribution in [2.75, 3.05) is 30.8 Å². The van der Waals surface area contributed by atoms with Crippen LogP contribution in [-0.2, 0) is 19.1 Å². The van der Waals surface area contributed by atoms with Crippen molar-refractivity contribution < 1.29 is 23.9 Å². The number of ether oxygens (including phenoxy) is 1. The molecular weight excluding hydrogens is 398 g/mol. The number of amides is 3. The fourth-order valence-electron chi connectivity index (χ4n) is 2.27. The molecule has 0 aliphatic carbocycles. The Morgan fingerprint density at radius 3 is 2.28 bits per heavy atom. The number of para-hydroxylation sites is 1. The molecule has 0 fully saturated rings. The normalized spacial score (nSPS) is 10.0. The molecule has 0 aliphatic heterocycles. The number of hydrogen-bond donors (Lipinski definition) is 2. The van der Waals surface area contributed by atoms with Crippen LogP contribution in [-0.4, -0.2) is 48.8 Å². The van der Waals surface area contributed by atoms with Gasteiger partial charge in [-0.2, -0.15) is 0 Å². The van der Waals surface area contributed by atoms with Gasteiger partial charge in [0.1, 0.15) is 0 Å². The fourth-order valence-corrected chi connectivity index (χ4v) is 2.45. The molecule has 0 radical (unpaired) electrons. The molecule has 2 aromatic rings. The third-order valence-electron chi connectivity index (χ3n) is 3.72. The number of esters is 1. The summed E-state index contributed by atoms with van der Waals surface area (Å²) in [6.07, 6.45) is 0. The maximum atomic E-state index is 12.1. The Kier molecular flexibility index (Phi) is 7.73. The van der Waals surface area contributed by atoms with Crippen molar-refractivity contribution in [1.29, 1.82) is 0 Å². The van der Waals surface area contributed by atoms with Crippen LogP contribution in [0.5, 0.6) is 0 Å². The summed E-state index contributed by atoms with van der Waals surface area (Å²) in [5, 5.41) is 5.56. The SMILES string of the molecule is CC(=O)Nc1ccc(C(=O)OCC(=O)N(C)CC(=O)Nc2ccccc2Cl)cc1. The van der Waals surface area contributed by atoms with Crippen LogP contribution in [0.25, 0.3) is 0 Å². The standard InChI is InChI=1S/C20H20ClN3O5/c1-13(25)22-15-9-7-14(8-10-15)20(28)29-12-19(27)24(2)11-18(26)23-17-6-4-3-5-16(17)21/h3-10H,11-12H2,1-2H3,(H,22,25)(H,23,26). The van der Waals surface area contributed by atoms with Gasteiger partial charge in [-0.3, -0.25) is 14.4 Å². The molecule has 0 heterocycles. The van der Waals surface area contributed by atoms with Gasteiger partial charge >= 0.3 is 5.97 Å². The lowest BCUT2D eigenvalue weighted by Gasteiger charge is -2.17. The Labute approximate surface area is 172 Å². The first-order chi connectivity index (χ1) is 13.8. The van der Waals surface area contributed by atoms with Crippen molar-refractivity contribution >= 4 is 46.7 Å². The number of nitrogens with one attached hydrogen (secondary N) is 2. The van der Waals surface area contributed by atoms with Gasteiger partial charge in [0.05, 0.1) is 22.8 Å². The highest BCUT2D eigenvalue weighted by atomic mass is 35.5. The lowest BCUT2D eigenvalue weighted by molar-refractivity contribution is -0.136. The topological polar surface area (TPSA) is 105 Å². The zero-order valence-corrected chi connectivity index (χ0v) is 16.7. The summed E-state index contributed by atoms with van der Waals surface area (Å²) in [4.78, 5) is 48.3. The predicted molar refractivity (Wildman–Crippen MR) is 109 cm³/mol. The van der Waals surface area contributed by atoms with Crippen LogP contribution in [0.15, 0.2) is 48.5 Å². The maximum absolute atomic E-state index is 12.1. The van der Waals surface area contributed by atoms with Gasteiger partial charge in [-0.1, -0.05) is 23.7 Å². The van der Waals surface area contributed by atoms with Gasteiger partial charge in [0.15, 0.2) is 6.61 Å². The molecule has 8 nitrogen and oxygen atoms in total. The molecule has 0 aromatic heterocycles. The Morgan fingerprint density at radius 1 is 1.00 bits per heavy atom. The van der Waals surface area contributed by atoms with Crippen LogP contribution in [0, 0.1) is 0 Å². The first-order valence-corrected chi connectivity index (χ1v) is 8.97. The van der Waals surface area contributed by atoms with Crippen molar-refractivity contribution in [1.82, 2.24) is 4.90 Å². The Balaban J connectivity index is 1.81. The molecular formula is C20H20ClN3O5. The molecule has 0 saturated carbocycles. The number of carbonyl (C=O) groups is 4. The van der Waals surface area contributed by atoms with Crippen LogP contribution in [0.1, 0.15) is 17.3 Å². The molecule has 0 aliphatic rings. The van der Waals surface area contributed by atoms with Crippen LogP contribution >= 0.6 is 11.6 Å². The smallest absolute Gasteiger partial charge is 0.338 e. The number of nitrogens with zero attached hydrogens (tertiary/aromatic N) is 1. The largest absolute Gasteiger partial charge is 0.452 e. The van der Waals surface area contributed by atoms with Crippen LogP contribution in [0.2, 0.25) is 5.02 Å². The molecule has 2 rings (SSSR count). The van der Waals surface area contributed by atoms with Crippen LogP contribution in [0.3, 0.4) is 0 Å². The lowest BCUT2D eigenvalue weighted by atomic mass is 10.2. The van der Waals surface area contributed by atoms with Gasteiger partial charge in [-0.05, 0) is 36.4 Å². The summed E-state index contributed by atoms with van der Waals surface area (Å²) >= 11 is 5.97.